The summed E-state index contributed by atoms with van der Waals surface area (Å²) < 4.78 is 1.68. The third kappa shape index (κ3) is 1.70. The molecule has 1 aromatic carbocycles. The van der Waals surface area contributed by atoms with Gasteiger partial charge in [0, 0.05) is 11.5 Å². The lowest BCUT2D eigenvalue weighted by atomic mass is 10.2. The normalized spacial score (nSPS) is 10.9. The van der Waals surface area contributed by atoms with Crippen LogP contribution in [-0.2, 0) is 0 Å². The molecule has 0 saturated heterocycles. The van der Waals surface area contributed by atoms with E-state index in [1.807, 2.05) is 24.3 Å². The molecule has 2 aromatic heterocycles. The highest BCUT2D eigenvalue weighted by Gasteiger charge is 2.07. The van der Waals surface area contributed by atoms with Crippen LogP contribution in [0.3, 0.4) is 0 Å². The molecule has 0 saturated carbocycles. The van der Waals surface area contributed by atoms with Crippen LogP contribution in [0.15, 0.2) is 36.5 Å². The van der Waals surface area contributed by atoms with Gasteiger partial charge in [0.15, 0.2) is 5.82 Å². The number of benzene rings is 1. The minimum atomic E-state index is 0.132. The maximum Gasteiger partial charge on any atom is 0.223 e. The van der Waals surface area contributed by atoms with Crippen molar-refractivity contribution < 1.29 is 0 Å². The van der Waals surface area contributed by atoms with Crippen molar-refractivity contribution in [3.8, 4) is 5.82 Å². The summed E-state index contributed by atoms with van der Waals surface area (Å²) in [4.78, 5) is 7.92. The zero-order valence-electron chi connectivity index (χ0n) is 8.71. The molecule has 5 nitrogen and oxygen atoms in total. The van der Waals surface area contributed by atoms with E-state index in [1.165, 1.54) is 0 Å². The van der Waals surface area contributed by atoms with Gasteiger partial charge in [-0.3, -0.25) is 0 Å². The van der Waals surface area contributed by atoms with Crippen molar-refractivity contribution >= 4 is 28.5 Å². The van der Waals surface area contributed by atoms with E-state index >= 15 is 0 Å². The van der Waals surface area contributed by atoms with Crippen LogP contribution in [0.5, 0.6) is 0 Å². The smallest absolute Gasteiger partial charge is 0.223 e. The van der Waals surface area contributed by atoms with Gasteiger partial charge in [-0.15, -0.1) is 0 Å². The number of rotatable bonds is 1. The van der Waals surface area contributed by atoms with Crippen LogP contribution in [0.4, 0.5) is 5.95 Å². The average molecular weight is 246 g/mol. The van der Waals surface area contributed by atoms with Crippen LogP contribution in [0, 0.1) is 0 Å². The molecular formula is C11H8ClN5. The van der Waals surface area contributed by atoms with Gasteiger partial charge in [0.25, 0.3) is 0 Å². The van der Waals surface area contributed by atoms with E-state index in [1.54, 1.807) is 16.9 Å². The largest absolute Gasteiger partial charge is 0.368 e. The Bertz CT molecular complexity index is 671. The Labute approximate surface area is 102 Å². The number of nitrogens with zero attached hydrogens (tertiary/aromatic N) is 4. The van der Waals surface area contributed by atoms with E-state index in [4.69, 9.17) is 17.3 Å². The van der Waals surface area contributed by atoms with Crippen molar-refractivity contribution in [2.45, 2.75) is 0 Å². The Morgan fingerprint density at radius 1 is 1.18 bits per heavy atom. The molecule has 2 N–H and O–H groups in total. The van der Waals surface area contributed by atoms with Crippen molar-refractivity contribution in [1.82, 2.24) is 19.7 Å². The number of anilines is 1. The molecule has 0 aliphatic carbocycles. The third-order valence-electron chi connectivity index (χ3n) is 2.39. The number of aromatic nitrogens is 4. The van der Waals surface area contributed by atoms with E-state index < -0.39 is 0 Å². The summed E-state index contributed by atoms with van der Waals surface area (Å²) in [6, 6.07) is 9.44. The molecular weight excluding hydrogens is 238 g/mol. The second-order valence-corrected chi connectivity index (χ2v) is 3.91. The number of nitrogen functional groups attached to an aromatic ring is 1. The number of halogens is 1. The van der Waals surface area contributed by atoms with Crippen LogP contribution >= 0.6 is 11.6 Å². The predicted molar refractivity (Wildman–Crippen MR) is 66.1 cm³/mol. The van der Waals surface area contributed by atoms with E-state index in [0.29, 0.717) is 11.0 Å². The standard InChI is InChI=1S/C11H8ClN5/c12-9-5-10(16-11(13)15-9)17-8-4-2-1-3-7(8)6-14-17/h1-6H,(H2,13,15,16). The van der Waals surface area contributed by atoms with Crippen molar-refractivity contribution in [3.05, 3.63) is 41.7 Å². The van der Waals surface area contributed by atoms with Crippen LogP contribution in [-0.4, -0.2) is 19.7 Å². The van der Waals surface area contributed by atoms with E-state index in [-0.39, 0.29) is 5.95 Å². The van der Waals surface area contributed by atoms with E-state index in [9.17, 15) is 0 Å². The van der Waals surface area contributed by atoms with Crippen molar-refractivity contribution in [2.24, 2.45) is 0 Å². The second-order valence-electron chi connectivity index (χ2n) is 3.52. The zero-order chi connectivity index (χ0) is 11.8. The molecule has 0 amide bonds. The Kier molecular flexibility index (Phi) is 2.19. The second kappa shape index (κ2) is 3.71. The lowest BCUT2D eigenvalue weighted by molar-refractivity contribution is 0.869. The highest BCUT2D eigenvalue weighted by atomic mass is 35.5. The minimum Gasteiger partial charge on any atom is -0.368 e. The first-order valence-corrected chi connectivity index (χ1v) is 5.35. The Morgan fingerprint density at radius 3 is 2.82 bits per heavy atom. The first-order valence-electron chi connectivity index (χ1n) is 4.97. The molecule has 6 heteroatoms. The summed E-state index contributed by atoms with van der Waals surface area (Å²) in [5.74, 6) is 0.691. The van der Waals surface area contributed by atoms with Gasteiger partial charge >= 0.3 is 0 Å². The molecule has 0 radical (unpaired) electrons. The summed E-state index contributed by atoms with van der Waals surface area (Å²) >= 11 is 5.85. The molecule has 0 fully saturated rings. The van der Waals surface area contributed by atoms with Crippen molar-refractivity contribution in [3.63, 3.8) is 0 Å². The fraction of sp³-hybridized carbons (Fsp3) is 0. The first kappa shape index (κ1) is 10.0. The highest BCUT2D eigenvalue weighted by molar-refractivity contribution is 6.29. The molecule has 0 unspecified atom stereocenters. The molecule has 17 heavy (non-hydrogen) atoms. The molecule has 0 bridgehead atoms. The molecule has 0 atom stereocenters. The predicted octanol–water partition coefficient (Wildman–Crippen LogP) is 2.05. The summed E-state index contributed by atoms with van der Waals surface area (Å²) in [6.45, 7) is 0. The molecule has 0 aliphatic heterocycles. The van der Waals surface area contributed by atoms with Gasteiger partial charge in [0.1, 0.15) is 5.15 Å². The third-order valence-corrected chi connectivity index (χ3v) is 2.59. The first-order chi connectivity index (χ1) is 8.24. The lowest BCUT2D eigenvalue weighted by Gasteiger charge is -2.03. The molecule has 3 aromatic rings. The fourth-order valence-corrected chi connectivity index (χ4v) is 1.87. The SMILES string of the molecule is Nc1nc(Cl)cc(-n2ncc3ccccc32)n1. The minimum absolute atomic E-state index is 0.132. The van der Waals surface area contributed by atoms with Gasteiger partial charge in [0.2, 0.25) is 5.95 Å². The number of para-hydroxylation sites is 1. The van der Waals surface area contributed by atoms with E-state index in [0.717, 1.165) is 10.9 Å². The quantitative estimate of drug-likeness (QED) is 0.666. The van der Waals surface area contributed by atoms with E-state index in [2.05, 4.69) is 15.1 Å². The van der Waals surface area contributed by atoms with Crippen LogP contribution in [0.1, 0.15) is 0 Å². The maximum atomic E-state index is 5.85. The number of nitrogens with two attached hydrogens (primary N) is 1. The fourth-order valence-electron chi connectivity index (χ4n) is 1.69. The Morgan fingerprint density at radius 2 is 2.00 bits per heavy atom. The molecule has 2 heterocycles. The zero-order valence-corrected chi connectivity index (χ0v) is 9.46. The monoisotopic (exact) mass is 245 g/mol. The average Bonchev–Trinajstić information content (AvgIpc) is 2.71. The van der Waals surface area contributed by atoms with Gasteiger partial charge in [-0.1, -0.05) is 29.8 Å². The summed E-state index contributed by atoms with van der Waals surface area (Å²) in [7, 11) is 0. The van der Waals surface area contributed by atoms with Gasteiger partial charge < -0.3 is 5.73 Å². The Balaban J connectivity index is 2.27. The number of hydrogen-bond acceptors (Lipinski definition) is 4. The van der Waals surface area contributed by atoms with Gasteiger partial charge in [0.05, 0.1) is 11.7 Å². The van der Waals surface area contributed by atoms with Crippen molar-refractivity contribution in [1.29, 1.82) is 0 Å². The van der Waals surface area contributed by atoms with Gasteiger partial charge in [-0.05, 0) is 6.07 Å². The van der Waals surface area contributed by atoms with Gasteiger partial charge in [-0.25, -0.2) is 9.67 Å². The molecule has 84 valence electrons. The molecule has 0 spiro atoms. The topological polar surface area (TPSA) is 69.6 Å². The highest BCUT2D eigenvalue weighted by Crippen LogP contribution is 2.18. The maximum absolute atomic E-state index is 5.85. The summed E-state index contributed by atoms with van der Waals surface area (Å²) in [6.07, 6.45) is 1.77. The molecule has 0 aliphatic rings. The Hall–Kier alpha value is -2.14. The molecule has 3 rings (SSSR count). The summed E-state index contributed by atoms with van der Waals surface area (Å²) in [5.41, 5.74) is 6.51. The van der Waals surface area contributed by atoms with Crippen molar-refractivity contribution in [2.75, 3.05) is 5.73 Å². The van der Waals surface area contributed by atoms with Crippen LogP contribution < -0.4 is 5.73 Å². The van der Waals surface area contributed by atoms with Gasteiger partial charge in [-0.2, -0.15) is 10.1 Å². The summed E-state index contributed by atoms with van der Waals surface area (Å²) in [5, 5.41) is 5.59. The van der Waals surface area contributed by atoms with Crippen LogP contribution in [0.25, 0.3) is 16.7 Å². The lowest BCUT2D eigenvalue weighted by Crippen LogP contribution is -2.03. The van der Waals surface area contributed by atoms with Crippen LogP contribution in [0.2, 0.25) is 5.15 Å². The number of fused-ring (bicyclic) bond motifs is 1. The number of hydrogen-bond donors (Lipinski definition) is 1.